The van der Waals surface area contributed by atoms with Crippen LogP contribution in [0.1, 0.15) is 18.2 Å². The van der Waals surface area contributed by atoms with Gasteiger partial charge in [-0.3, -0.25) is 4.79 Å². The lowest BCUT2D eigenvalue weighted by molar-refractivity contribution is -0.146. The molecule has 6 heteroatoms. The van der Waals surface area contributed by atoms with Crippen molar-refractivity contribution >= 4 is 23.3 Å². The summed E-state index contributed by atoms with van der Waals surface area (Å²) >= 11 is 1.67. The lowest BCUT2D eigenvalue weighted by Gasteiger charge is -2.20. The van der Waals surface area contributed by atoms with E-state index in [1.807, 2.05) is 17.5 Å². The number of rotatable bonds is 4. The van der Waals surface area contributed by atoms with Gasteiger partial charge < -0.3 is 15.3 Å². The molecular weight excluding hydrogens is 264 g/mol. The molecule has 1 aliphatic rings. The second-order valence-electron chi connectivity index (χ2n) is 5.10. The summed E-state index contributed by atoms with van der Waals surface area (Å²) in [5, 5.41) is 14.0. The number of aliphatic carboxylic acids is 1. The zero-order valence-electron chi connectivity index (χ0n) is 10.9. The zero-order valence-corrected chi connectivity index (χ0v) is 11.7. The Bertz CT molecular complexity index is 460. The van der Waals surface area contributed by atoms with Gasteiger partial charge in [-0.15, -0.1) is 11.3 Å². The Morgan fingerprint density at radius 3 is 2.95 bits per heavy atom. The highest BCUT2D eigenvalue weighted by Crippen LogP contribution is 2.29. The Morgan fingerprint density at radius 1 is 1.58 bits per heavy atom. The van der Waals surface area contributed by atoms with E-state index >= 15 is 0 Å². The van der Waals surface area contributed by atoms with Gasteiger partial charge in [-0.2, -0.15) is 0 Å². The second kappa shape index (κ2) is 5.61. The first kappa shape index (κ1) is 13.9. The molecular formula is C13H18N2O3S. The van der Waals surface area contributed by atoms with Crippen LogP contribution in [0.4, 0.5) is 4.79 Å². The maximum atomic E-state index is 11.9. The van der Waals surface area contributed by atoms with Crippen LogP contribution >= 0.6 is 11.3 Å². The van der Waals surface area contributed by atoms with Gasteiger partial charge in [0.25, 0.3) is 0 Å². The standard InChI is InChI=1S/C13H18N2O3S/c1-13(11(16)17)5-7-15(9-13)12(18)14-6-4-10-3-2-8-19-10/h2-3,8H,4-7,9H2,1H3,(H,14,18)(H,16,17). The normalized spacial score (nSPS) is 22.5. The minimum absolute atomic E-state index is 0.165. The Kier molecular flexibility index (Phi) is 4.09. The Balaban J connectivity index is 1.77. The van der Waals surface area contributed by atoms with Gasteiger partial charge in [0.1, 0.15) is 0 Å². The summed E-state index contributed by atoms with van der Waals surface area (Å²) in [5.41, 5.74) is -0.801. The summed E-state index contributed by atoms with van der Waals surface area (Å²) in [5.74, 6) is -0.832. The predicted molar refractivity (Wildman–Crippen MR) is 73.4 cm³/mol. The number of hydrogen-bond donors (Lipinski definition) is 2. The lowest BCUT2D eigenvalue weighted by Crippen LogP contribution is -2.41. The molecule has 1 atom stereocenters. The molecule has 2 amide bonds. The van der Waals surface area contributed by atoms with Crippen molar-refractivity contribution in [1.82, 2.24) is 10.2 Å². The largest absolute Gasteiger partial charge is 0.481 e. The molecule has 1 unspecified atom stereocenters. The van der Waals surface area contributed by atoms with Crippen molar-refractivity contribution in [2.45, 2.75) is 19.8 Å². The fraction of sp³-hybridized carbons (Fsp3) is 0.538. The zero-order chi connectivity index (χ0) is 13.9. The Labute approximate surface area is 116 Å². The van der Waals surface area contributed by atoms with Crippen molar-refractivity contribution in [2.24, 2.45) is 5.41 Å². The third-order valence-corrected chi connectivity index (χ3v) is 4.44. The van der Waals surface area contributed by atoms with E-state index in [2.05, 4.69) is 5.32 Å². The van der Waals surface area contributed by atoms with Crippen LogP contribution in [0.3, 0.4) is 0 Å². The molecule has 104 valence electrons. The molecule has 5 nitrogen and oxygen atoms in total. The van der Waals surface area contributed by atoms with E-state index in [4.69, 9.17) is 5.11 Å². The van der Waals surface area contributed by atoms with E-state index < -0.39 is 11.4 Å². The molecule has 2 rings (SSSR count). The molecule has 1 aromatic rings. The highest BCUT2D eigenvalue weighted by molar-refractivity contribution is 7.09. The van der Waals surface area contributed by atoms with Crippen molar-refractivity contribution in [3.8, 4) is 0 Å². The van der Waals surface area contributed by atoms with E-state index in [1.54, 1.807) is 23.2 Å². The first-order valence-corrected chi connectivity index (χ1v) is 7.18. The molecule has 0 aromatic carbocycles. The number of likely N-dealkylation sites (tertiary alicyclic amines) is 1. The average Bonchev–Trinajstić information content (AvgIpc) is 2.99. The number of amides is 2. The van der Waals surface area contributed by atoms with Crippen molar-refractivity contribution < 1.29 is 14.7 Å². The monoisotopic (exact) mass is 282 g/mol. The third-order valence-electron chi connectivity index (χ3n) is 3.50. The fourth-order valence-electron chi connectivity index (χ4n) is 2.17. The molecule has 0 spiro atoms. The Morgan fingerprint density at radius 2 is 2.37 bits per heavy atom. The van der Waals surface area contributed by atoms with Gasteiger partial charge in [0, 0.05) is 24.5 Å². The van der Waals surface area contributed by atoms with Gasteiger partial charge in [0.2, 0.25) is 0 Å². The van der Waals surface area contributed by atoms with Crippen LogP contribution in [0.15, 0.2) is 17.5 Å². The van der Waals surface area contributed by atoms with Gasteiger partial charge in [0.05, 0.1) is 5.41 Å². The van der Waals surface area contributed by atoms with E-state index in [9.17, 15) is 9.59 Å². The van der Waals surface area contributed by atoms with Gasteiger partial charge >= 0.3 is 12.0 Å². The molecule has 0 radical (unpaired) electrons. The van der Waals surface area contributed by atoms with E-state index in [1.165, 1.54) is 4.88 Å². The van der Waals surface area contributed by atoms with Gasteiger partial charge in [-0.1, -0.05) is 6.07 Å². The molecule has 2 heterocycles. The van der Waals surface area contributed by atoms with E-state index in [0.29, 0.717) is 19.5 Å². The van der Waals surface area contributed by atoms with Crippen LogP contribution in [-0.4, -0.2) is 41.6 Å². The summed E-state index contributed by atoms with van der Waals surface area (Å²) in [6.07, 6.45) is 1.33. The molecule has 0 saturated carbocycles. The number of thiophene rings is 1. The van der Waals surface area contributed by atoms with Crippen molar-refractivity contribution in [3.05, 3.63) is 22.4 Å². The van der Waals surface area contributed by atoms with Crippen LogP contribution in [0.5, 0.6) is 0 Å². The summed E-state index contributed by atoms with van der Waals surface area (Å²) in [6, 6.07) is 3.86. The van der Waals surface area contributed by atoms with Crippen molar-refractivity contribution in [3.63, 3.8) is 0 Å². The number of carboxylic acids is 1. The average molecular weight is 282 g/mol. The molecule has 1 aromatic heterocycles. The number of carbonyl (C=O) groups is 2. The second-order valence-corrected chi connectivity index (χ2v) is 6.13. The van der Waals surface area contributed by atoms with Crippen LogP contribution < -0.4 is 5.32 Å². The molecule has 1 fully saturated rings. The minimum atomic E-state index is -0.832. The summed E-state index contributed by atoms with van der Waals surface area (Å²) in [7, 11) is 0. The maximum absolute atomic E-state index is 11.9. The molecule has 1 saturated heterocycles. The van der Waals surface area contributed by atoms with Crippen molar-refractivity contribution in [2.75, 3.05) is 19.6 Å². The first-order valence-electron chi connectivity index (χ1n) is 6.30. The van der Waals surface area contributed by atoms with Crippen LogP contribution in [-0.2, 0) is 11.2 Å². The molecule has 0 bridgehead atoms. The number of hydrogen-bond acceptors (Lipinski definition) is 3. The third kappa shape index (κ3) is 3.26. The first-order chi connectivity index (χ1) is 9.01. The number of urea groups is 1. The van der Waals surface area contributed by atoms with Crippen LogP contribution in [0.2, 0.25) is 0 Å². The number of nitrogens with zero attached hydrogens (tertiary/aromatic N) is 1. The Hall–Kier alpha value is -1.56. The quantitative estimate of drug-likeness (QED) is 0.884. The van der Waals surface area contributed by atoms with Crippen LogP contribution in [0, 0.1) is 5.41 Å². The topological polar surface area (TPSA) is 69.6 Å². The van der Waals surface area contributed by atoms with E-state index in [0.717, 1.165) is 6.42 Å². The molecule has 1 aliphatic heterocycles. The number of carbonyl (C=O) groups excluding carboxylic acids is 1. The minimum Gasteiger partial charge on any atom is -0.481 e. The summed E-state index contributed by atoms with van der Waals surface area (Å²) in [6.45, 7) is 3.06. The van der Waals surface area contributed by atoms with Gasteiger partial charge in [-0.25, -0.2) is 4.79 Å². The summed E-state index contributed by atoms with van der Waals surface area (Å²) in [4.78, 5) is 25.8. The summed E-state index contributed by atoms with van der Waals surface area (Å²) < 4.78 is 0. The maximum Gasteiger partial charge on any atom is 0.317 e. The molecule has 2 N–H and O–H groups in total. The van der Waals surface area contributed by atoms with Gasteiger partial charge in [-0.05, 0) is 31.2 Å². The van der Waals surface area contributed by atoms with E-state index in [-0.39, 0.29) is 12.6 Å². The lowest BCUT2D eigenvalue weighted by atomic mass is 9.90. The SMILES string of the molecule is CC1(C(=O)O)CCN(C(=O)NCCc2cccs2)C1. The smallest absolute Gasteiger partial charge is 0.317 e. The highest BCUT2D eigenvalue weighted by atomic mass is 32.1. The van der Waals surface area contributed by atoms with Gasteiger partial charge in [0.15, 0.2) is 0 Å². The number of nitrogens with one attached hydrogen (secondary N) is 1. The molecule has 0 aliphatic carbocycles. The highest BCUT2D eigenvalue weighted by Gasteiger charge is 2.42. The predicted octanol–water partition coefficient (Wildman–Crippen LogP) is 1.80. The van der Waals surface area contributed by atoms with Crippen LogP contribution in [0.25, 0.3) is 0 Å². The number of carboxylic acid groups (broad SMARTS) is 1. The molecule has 19 heavy (non-hydrogen) atoms. The van der Waals surface area contributed by atoms with Crippen molar-refractivity contribution in [1.29, 1.82) is 0 Å². The fourth-order valence-corrected chi connectivity index (χ4v) is 2.88.